The summed E-state index contributed by atoms with van der Waals surface area (Å²) < 4.78 is 0. The van der Waals surface area contributed by atoms with E-state index < -0.39 is 0 Å². The summed E-state index contributed by atoms with van der Waals surface area (Å²) in [5, 5.41) is 6.16. The Morgan fingerprint density at radius 2 is 2.12 bits per heavy atom. The monoisotopic (exact) mass is 226 g/mol. The van der Waals surface area contributed by atoms with E-state index in [0.29, 0.717) is 18.5 Å². The lowest BCUT2D eigenvalue weighted by atomic mass is 9.82. The molecular weight excluding hydrogens is 200 g/mol. The molecule has 1 amide bonds. The number of hydrogen-bond donors (Lipinski definition) is 2. The van der Waals surface area contributed by atoms with E-state index in [4.69, 9.17) is 0 Å². The van der Waals surface area contributed by atoms with Crippen molar-refractivity contribution in [3.63, 3.8) is 0 Å². The molecule has 0 heterocycles. The SMILES string of the molecule is CC1CCCC(CNC(=O)CNC(C)C)C1. The second-order valence-electron chi connectivity index (χ2n) is 5.48. The molecule has 0 aromatic heterocycles. The second kappa shape index (κ2) is 6.89. The number of amides is 1. The summed E-state index contributed by atoms with van der Waals surface area (Å²) in [5.74, 6) is 1.67. The number of carbonyl (C=O) groups excluding carboxylic acids is 1. The van der Waals surface area contributed by atoms with Crippen molar-refractivity contribution in [2.24, 2.45) is 11.8 Å². The number of rotatable bonds is 5. The Bertz CT molecular complexity index is 216. The molecule has 0 saturated heterocycles. The minimum absolute atomic E-state index is 0.131. The Morgan fingerprint density at radius 3 is 2.75 bits per heavy atom. The predicted molar refractivity (Wildman–Crippen MR) is 67.3 cm³/mol. The van der Waals surface area contributed by atoms with Gasteiger partial charge in [-0.05, 0) is 24.7 Å². The second-order valence-corrected chi connectivity index (χ2v) is 5.48. The summed E-state index contributed by atoms with van der Waals surface area (Å²) in [6.45, 7) is 7.73. The Morgan fingerprint density at radius 1 is 1.38 bits per heavy atom. The van der Waals surface area contributed by atoms with Crippen LogP contribution in [0.3, 0.4) is 0 Å². The lowest BCUT2D eigenvalue weighted by molar-refractivity contribution is -0.120. The van der Waals surface area contributed by atoms with Gasteiger partial charge in [0.1, 0.15) is 0 Å². The zero-order chi connectivity index (χ0) is 12.0. The average Bonchev–Trinajstić information content (AvgIpc) is 2.23. The molecular formula is C13H26N2O. The number of carbonyl (C=O) groups is 1. The van der Waals surface area contributed by atoms with Gasteiger partial charge >= 0.3 is 0 Å². The molecule has 3 nitrogen and oxygen atoms in total. The van der Waals surface area contributed by atoms with Crippen molar-refractivity contribution in [2.45, 2.75) is 52.5 Å². The fraction of sp³-hybridized carbons (Fsp3) is 0.923. The molecule has 3 heteroatoms. The third kappa shape index (κ3) is 5.50. The molecule has 1 fully saturated rings. The summed E-state index contributed by atoms with van der Waals surface area (Å²) in [5.41, 5.74) is 0. The molecule has 2 N–H and O–H groups in total. The van der Waals surface area contributed by atoms with Crippen molar-refractivity contribution in [2.75, 3.05) is 13.1 Å². The summed E-state index contributed by atoms with van der Waals surface area (Å²) in [4.78, 5) is 11.5. The van der Waals surface area contributed by atoms with Crippen LogP contribution < -0.4 is 10.6 Å². The molecule has 0 bridgehead atoms. The molecule has 2 unspecified atom stereocenters. The molecule has 0 aliphatic heterocycles. The van der Waals surface area contributed by atoms with Crippen molar-refractivity contribution in [1.29, 1.82) is 0 Å². The smallest absolute Gasteiger partial charge is 0.233 e. The third-order valence-electron chi connectivity index (χ3n) is 3.30. The first-order valence-corrected chi connectivity index (χ1v) is 6.58. The van der Waals surface area contributed by atoms with Gasteiger partial charge in [-0.1, -0.05) is 33.6 Å². The highest BCUT2D eigenvalue weighted by Gasteiger charge is 2.19. The van der Waals surface area contributed by atoms with Crippen molar-refractivity contribution in [3.8, 4) is 0 Å². The van der Waals surface area contributed by atoms with E-state index in [1.807, 2.05) is 0 Å². The fourth-order valence-corrected chi connectivity index (χ4v) is 2.36. The van der Waals surface area contributed by atoms with Crippen LogP contribution in [0.25, 0.3) is 0 Å². The molecule has 0 aromatic rings. The molecule has 0 aromatic carbocycles. The van der Waals surface area contributed by atoms with Crippen LogP contribution in [-0.4, -0.2) is 25.0 Å². The maximum atomic E-state index is 11.5. The number of hydrogen-bond acceptors (Lipinski definition) is 2. The van der Waals surface area contributed by atoms with Crippen molar-refractivity contribution in [3.05, 3.63) is 0 Å². The minimum atomic E-state index is 0.131. The lowest BCUT2D eigenvalue weighted by Gasteiger charge is -2.26. The highest BCUT2D eigenvalue weighted by atomic mass is 16.1. The molecule has 94 valence electrons. The Kier molecular flexibility index (Phi) is 5.81. The first kappa shape index (κ1) is 13.5. The van der Waals surface area contributed by atoms with Gasteiger partial charge in [-0.3, -0.25) is 4.79 Å². The molecule has 16 heavy (non-hydrogen) atoms. The molecule has 0 radical (unpaired) electrons. The van der Waals surface area contributed by atoms with Gasteiger partial charge in [0.25, 0.3) is 0 Å². The van der Waals surface area contributed by atoms with Gasteiger partial charge in [0, 0.05) is 12.6 Å². The van der Waals surface area contributed by atoms with E-state index in [2.05, 4.69) is 31.4 Å². The topological polar surface area (TPSA) is 41.1 Å². The first-order valence-electron chi connectivity index (χ1n) is 6.58. The van der Waals surface area contributed by atoms with E-state index in [0.717, 1.165) is 12.5 Å². The van der Waals surface area contributed by atoms with E-state index in [9.17, 15) is 4.79 Å². The van der Waals surface area contributed by atoms with Crippen LogP contribution in [0.4, 0.5) is 0 Å². The third-order valence-corrected chi connectivity index (χ3v) is 3.30. The summed E-state index contributed by atoms with van der Waals surface area (Å²) in [6, 6.07) is 0.375. The van der Waals surface area contributed by atoms with Crippen molar-refractivity contribution >= 4 is 5.91 Å². The quantitative estimate of drug-likeness (QED) is 0.752. The lowest BCUT2D eigenvalue weighted by Crippen LogP contribution is -2.39. The van der Waals surface area contributed by atoms with E-state index in [-0.39, 0.29) is 5.91 Å². The Balaban J connectivity index is 2.11. The molecule has 1 saturated carbocycles. The van der Waals surface area contributed by atoms with E-state index in [1.54, 1.807) is 0 Å². The summed E-state index contributed by atoms with van der Waals surface area (Å²) in [6.07, 6.45) is 5.24. The summed E-state index contributed by atoms with van der Waals surface area (Å²) in [7, 11) is 0. The van der Waals surface area contributed by atoms with Crippen molar-refractivity contribution in [1.82, 2.24) is 10.6 Å². The number of nitrogens with one attached hydrogen (secondary N) is 2. The molecule has 2 atom stereocenters. The highest BCUT2D eigenvalue weighted by molar-refractivity contribution is 5.77. The van der Waals surface area contributed by atoms with Crippen LogP contribution in [0.5, 0.6) is 0 Å². The highest BCUT2D eigenvalue weighted by Crippen LogP contribution is 2.27. The van der Waals surface area contributed by atoms with Gasteiger partial charge in [0.2, 0.25) is 5.91 Å². The maximum absolute atomic E-state index is 11.5. The maximum Gasteiger partial charge on any atom is 0.233 e. The molecule has 1 aliphatic rings. The zero-order valence-corrected chi connectivity index (χ0v) is 10.9. The Labute approximate surface area is 99.4 Å². The summed E-state index contributed by atoms with van der Waals surface area (Å²) >= 11 is 0. The molecule has 0 spiro atoms. The van der Waals surface area contributed by atoms with Crippen LogP contribution in [0.1, 0.15) is 46.5 Å². The van der Waals surface area contributed by atoms with Crippen LogP contribution in [-0.2, 0) is 4.79 Å². The van der Waals surface area contributed by atoms with Gasteiger partial charge in [-0.15, -0.1) is 0 Å². The van der Waals surface area contributed by atoms with E-state index >= 15 is 0 Å². The van der Waals surface area contributed by atoms with Crippen LogP contribution in [0, 0.1) is 11.8 Å². The van der Waals surface area contributed by atoms with Crippen LogP contribution >= 0.6 is 0 Å². The Hall–Kier alpha value is -0.570. The first-order chi connectivity index (χ1) is 7.58. The van der Waals surface area contributed by atoms with E-state index in [1.165, 1.54) is 25.7 Å². The van der Waals surface area contributed by atoms with Gasteiger partial charge in [-0.2, -0.15) is 0 Å². The zero-order valence-electron chi connectivity index (χ0n) is 10.9. The van der Waals surface area contributed by atoms with Crippen molar-refractivity contribution < 1.29 is 4.79 Å². The molecule has 1 rings (SSSR count). The minimum Gasteiger partial charge on any atom is -0.355 e. The molecule has 1 aliphatic carbocycles. The van der Waals surface area contributed by atoms with Crippen LogP contribution in [0.2, 0.25) is 0 Å². The standard InChI is InChI=1S/C13H26N2O/c1-10(2)14-9-13(16)15-8-12-6-4-5-11(3)7-12/h10-12,14H,4-9H2,1-3H3,(H,15,16). The predicted octanol–water partition coefficient (Wildman–Crippen LogP) is 1.93. The van der Waals surface area contributed by atoms with Gasteiger partial charge < -0.3 is 10.6 Å². The van der Waals surface area contributed by atoms with Gasteiger partial charge in [0.05, 0.1) is 6.54 Å². The average molecular weight is 226 g/mol. The van der Waals surface area contributed by atoms with Crippen LogP contribution in [0.15, 0.2) is 0 Å². The van der Waals surface area contributed by atoms with Gasteiger partial charge in [0.15, 0.2) is 0 Å². The fourth-order valence-electron chi connectivity index (χ4n) is 2.36. The largest absolute Gasteiger partial charge is 0.355 e. The normalized spacial score (nSPS) is 25.8. The van der Waals surface area contributed by atoms with Gasteiger partial charge in [-0.25, -0.2) is 0 Å².